The lowest BCUT2D eigenvalue weighted by Crippen LogP contribution is -2.50. The van der Waals surface area contributed by atoms with Crippen molar-refractivity contribution in [2.75, 3.05) is 26.2 Å². The zero-order valence-electron chi connectivity index (χ0n) is 12.3. The summed E-state index contributed by atoms with van der Waals surface area (Å²) in [7, 11) is 0. The Bertz CT molecular complexity index is 358. The lowest BCUT2D eigenvalue weighted by atomic mass is 9.91. The van der Waals surface area contributed by atoms with Gasteiger partial charge in [0.25, 0.3) is 0 Å². The van der Waals surface area contributed by atoms with Crippen molar-refractivity contribution >= 4 is 0 Å². The number of hydrogen-bond donors (Lipinski definition) is 1. The maximum atomic E-state index is 12.6. The van der Waals surface area contributed by atoms with E-state index < -0.39 is 18.5 Å². The van der Waals surface area contributed by atoms with Crippen molar-refractivity contribution in [2.45, 2.75) is 50.7 Å². The molecule has 3 nitrogen and oxygen atoms in total. The standard InChI is InChI=1S/C15H24F3N3/c16-15(17,18)8-13-7-14(11-21(10-13)6-5-19)20-9-12-3-1-2-4-12/h12-14,20H,1-4,6-11H2. The van der Waals surface area contributed by atoms with Crippen LogP contribution in [0.25, 0.3) is 0 Å². The lowest BCUT2D eigenvalue weighted by molar-refractivity contribution is -0.148. The van der Waals surface area contributed by atoms with Gasteiger partial charge in [-0.2, -0.15) is 18.4 Å². The minimum Gasteiger partial charge on any atom is -0.312 e. The number of nitrogens with one attached hydrogen (secondary N) is 1. The molecule has 1 aliphatic carbocycles. The third-order valence-corrected chi connectivity index (χ3v) is 4.60. The first-order chi connectivity index (χ1) is 9.96. The Morgan fingerprint density at radius 3 is 2.48 bits per heavy atom. The second kappa shape index (κ2) is 7.46. The molecule has 1 saturated heterocycles. The highest BCUT2D eigenvalue weighted by molar-refractivity contribution is 4.89. The number of nitrogens with zero attached hydrogens (tertiary/aromatic N) is 2. The van der Waals surface area contributed by atoms with E-state index in [1.807, 2.05) is 4.90 Å². The average Bonchev–Trinajstić information content (AvgIpc) is 2.87. The van der Waals surface area contributed by atoms with Crippen LogP contribution in [0.1, 0.15) is 38.5 Å². The van der Waals surface area contributed by atoms with Crippen LogP contribution in [0.15, 0.2) is 0 Å². The van der Waals surface area contributed by atoms with E-state index in [0.29, 0.717) is 25.4 Å². The quantitative estimate of drug-likeness (QED) is 0.794. The van der Waals surface area contributed by atoms with Crippen LogP contribution < -0.4 is 5.32 Å². The Balaban J connectivity index is 1.84. The maximum absolute atomic E-state index is 12.6. The van der Waals surface area contributed by atoms with Crippen molar-refractivity contribution in [1.29, 1.82) is 5.26 Å². The molecular formula is C15H24F3N3. The highest BCUT2D eigenvalue weighted by Gasteiger charge is 2.36. The number of alkyl halides is 3. The number of piperidine rings is 1. The van der Waals surface area contributed by atoms with Crippen LogP contribution in [0.5, 0.6) is 0 Å². The molecule has 0 aromatic carbocycles. The Labute approximate surface area is 124 Å². The number of hydrogen-bond acceptors (Lipinski definition) is 3. The number of halogens is 3. The second-order valence-electron chi connectivity index (χ2n) is 6.53. The molecule has 120 valence electrons. The summed E-state index contributed by atoms with van der Waals surface area (Å²) in [5, 5.41) is 12.2. The second-order valence-corrected chi connectivity index (χ2v) is 6.53. The van der Waals surface area contributed by atoms with Crippen LogP contribution in [0, 0.1) is 23.2 Å². The van der Waals surface area contributed by atoms with Crippen molar-refractivity contribution in [3.8, 4) is 6.07 Å². The van der Waals surface area contributed by atoms with E-state index in [1.54, 1.807) is 0 Å². The zero-order chi connectivity index (χ0) is 15.3. The lowest BCUT2D eigenvalue weighted by Gasteiger charge is -2.37. The van der Waals surface area contributed by atoms with Gasteiger partial charge in [-0.1, -0.05) is 12.8 Å². The molecule has 2 atom stereocenters. The largest absolute Gasteiger partial charge is 0.389 e. The van der Waals surface area contributed by atoms with Gasteiger partial charge in [0.2, 0.25) is 0 Å². The Morgan fingerprint density at radius 1 is 1.14 bits per heavy atom. The van der Waals surface area contributed by atoms with Crippen molar-refractivity contribution in [2.24, 2.45) is 11.8 Å². The molecular weight excluding hydrogens is 279 g/mol. The van der Waals surface area contributed by atoms with Gasteiger partial charge in [-0.3, -0.25) is 4.90 Å². The van der Waals surface area contributed by atoms with Crippen molar-refractivity contribution in [1.82, 2.24) is 10.2 Å². The number of nitriles is 1. The molecule has 1 heterocycles. The van der Waals surface area contributed by atoms with Crippen LogP contribution in [0.3, 0.4) is 0 Å². The van der Waals surface area contributed by atoms with Crippen LogP contribution in [-0.4, -0.2) is 43.3 Å². The summed E-state index contributed by atoms with van der Waals surface area (Å²) in [6.07, 6.45) is 0.713. The molecule has 0 aromatic heterocycles. The van der Waals surface area contributed by atoms with E-state index >= 15 is 0 Å². The first-order valence-corrected chi connectivity index (χ1v) is 7.85. The van der Waals surface area contributed by atoms with Crippen LogP contribution in [-0.2, 0) is 0 Å². The number of rotatable bonds is 5. The molecule has 1 saturated carbocycles. The molecule has 0 aromatic rings. The van der Waals surface area contributed by atoms with E-state index in [4.69, 9.17) is 5.26 Å². The molecule has 2 unspecified atom stereocenters. The minimum atomic E-state index is -4.11. The van der Waals surface area contributed by atoms with Gasteiger partial charge in [0, 0.05) is 25.6 Å². The first kappa shape index (κ1) is 16.6. The number of likely N-dealkylation sites (tertiary alicyclic amines) is 1. The van der Waals surface area contributed by atoms with Gasteiger partial charge >= 0.3 is 6.18 Å². The van der Waals surface area contributed by atoms with Gasteiger partial charge in [0.15, 0.2) is 0 Å². The third kappa shape index (κ3) is 5.84. The summed E-state index contributed by atoms with van der Waals surface area (Å²) < 4.78 is 37.8. The van der Waals surface area contributed by atoms with E-state index in [9.17, 15) is 13.2 Å². The molecule has 0 spiro atoms. The molecule has 2 fully saturated rings. The molecule has 0 amide bonds. The highest BCUT2D eigenvalue weighted by Crippen LogP contribution is 2.30. The van der Waals surface area contributed by atoms with Crippen LogP contribution in [0.2, 0.25) is 0 Å². The van der Waals surface area contributed by atoms with Crippen molar-refractivity contribution < 1.29 is 13.2 Å². The van der Waals surface area contributed by atoms with Crippen molar-refractivity contribution in [3.63, 3.8) is 0 Å². The molecule has 2 aliphatic rings. The third-order valence-electron chi connectivity index (χ3n) is 4.60. The maximum Gasteiger partial charge on any atom is 0.389 e. The smallest absolute Gasteiger partial charge is 0.312 e. The van der Waals surface area contributed by atoms with Gasteiger partial charge in [-0.15, -0.1) is 0 Å². The zero-order valence-corrected chi connectivity index (χ0v) is 12.3. The monoisotopic (exact) mass is 303 g/mol. The normalized spacial score (nSPS) is 28.7. The summed E-state index contributed by atoms with van der Waals surface area (Å²) in [5.41, 5.74) is 0. The van der Waals surface area contributed by atoms with Gasteiger partial charge in [-0.25, -0.2) is 0 Å². The molecule has 1 aliphatic heterocycles. The van der Waals surface area contributed by atoms with E-state index in [-0.39, 0.29) is 12.6 Å². The van der Waals surface area contributed by atoms with E-state index in [0.717, 1.165) is 6.54 Å². The molecule has 0 bridgehead atoms. The SMILES string of the molecule is N#CCN1CC(CC(F)(F)F)CC(NCC2CCCC2)C1. The fourth-order valence-electron chi connectivity index (χ4n) is 3.70. The van der Waals surface area contributed by atoms with Gasteiger partial charge in [-0.05, 0) is 37.6 Å². The highest BCUT2D eigenvalue weighted by atomic mass is 19.4. The summed E-state index contributed by atoms with van der Waals surface area (Å²) in [6.45, 7) is 2.20. The van der Waals surface area contributed by atoms with Gasteiger partial charge in [0.1, 0.15) is 0 Å². The summed E-state index contributed by atoms with van der Waals surface area (Å²) in [4.78, 5) is 1.85. The molecule has 0 radical (unpaired) electrons. The fraction of sp³-hybridized carbons (Fsp3) is 0.933. The van der Waals surface area contributed by atoms with Crippen LogP contribution in [0.4, 0.5) is 13.2 Å². The Kier molecular flexibility index (Phi) is 5.88. The summed E-state index contributed by atoms with van der Waals surface area (Å²) in [6, 6.07) is 2.14. The average molecular weight is 303 g/mol. The van der Waals surface area contributed by atoms with Crippen molar-refractivity contribution in [3.05, 3.63) is 0 Å². The molecule has 1 N–H and O–H groups in total. The van der Waals surface area contributed by atoms with E-state index in [1.165, 1.54) is 25.7 Å². The van der Waals surface area contributed by atoms with Crippen LogP contribution >= 0.6 is 0 Å². The Morgan fingerprint density at radius 2 is 1.86 bits per heavy atom. The Hall–Kier alpha value is -0.800. The minimum absolute atomic E-state index is 0.0834. The fourth-order valence-corrected chi connectivity index (χ4v) is 3.70. The topological polar surface area (TPSA) is 39.1 Å². The molecule has 2 rings (SSSR count). The molecule has 21 heavy (non-hydrogen) atoms. The van der Waals surface area contributed by atoms with Gasteiger partial charge < -0.3 is 5.32 Å². The summed E-state index contributed by atoms with van der Waals surface area (Å²) >= 11 is 0. The molecule has 6 heteroatoms. The first-order valence-electron chi connectivity index (χ1n) is 7.85. The predicted molar refractivity (Wildman–Crippen MR) is 74.6 cm³/mol. The summed E-state index contributed by atoms with van der Waals surface area (Å²) in [5.74, 6) is 0.283. The predicted octanol–water partition coefficient (Wildman–Crippen LogP) is 2.93. The van der Waals surface area contributed by atoms with E-state index in [2.05, 4.69) is 11.4 Å². The van der Waals surface area contributed by atoms with Gasteiger partial charge in [0.05, 0.1) is 12.6 Å².